The Morgan fingerprint density at radius 3 is 2.70 bits per heavy atom. The van der Waals surface area contributed by atoms with Crippen LogP contribution in [0.1, 0.15) is 38.9 Å². The van der Waals surface area contributed by atoms with Gasteiger partial charge >= 0.3 is 5.69 Å². The predicted octanol–water partition coefficient (Wildman–Crippen LogP) is 0.838. The molecule has 1 fully saturated rings. The third kappa shape index (κ3) is 2.81. The number of ether oxygens (including phenoxy) is 1. The van der Waals surface area contributed by atoms with Gasteiger partial charge in [0.05, 0.1) is 18.9 Å². The molecule has 6 heteroatoms. The van der Waals surface area contributed by atoms with Gasteiger partial charge < -0.3 is 4.74 Å². The highest BCUT2D eigenvalue weighted by Gasteiger charge is 2.24. The highest BCUT2D eigenvalue weighted by Crippen LogP contribution is 2.13. The fraction of sp³-hybridized carbons (Fsp3) is 0.857. The third-order valence-electron chi connectivity index (χ3n) is 4.11. The van der Waals surface area contributed by atoms with Gasteiger partial charge in [0.25, 0.3) is 0 Å². The number of hydrogen-bond donors (Lipinski definition) is 0. The molecule has 0 radical (unpaired) electrons. The van der Waals surface area contributed by atoms with Gasteiger partial charge in [0.1, 0.15) is 5.82 Å². The van der Waals surface area contributed by atoms with Crippen molar-refractivity contribution in [3.63, 3.8) is 0 Å². The summed E-state index contributed by atoms with van der Waals surface area (Å²) in [4.78, 5) is 14.7. The van der Waals surface area contributed by atoms with E-state index in [0.717, 1.165) is 44.7 Å². The molecule has 0 N–H and O–H groups in total. The summed E-state index contributed by atoms with van der Waals surface area (Å²) in [6, 6.07) is 0. The molecule has 3 rings (SSSR count). The lowest BCUT2D eigenvalue weighted by Crippen LogP contribution is -2.47. The summed E-state index contributed by atoms with van der Waals surface area (Å²) in [7, 11) is 0. The first-order valence-electron chi connectivity index (χ1n) is 7.68. The fourth-order valence-electron chi connectivity index (χ4n) is 3.31. The fourth-order valence-corrected chi connectivity index (χ4v) is 3.31. The van der Waals surface area contributed by atoms with Gasteiger partial charge in [0.2, 0.25) is 0 Å². The predicted molar refractivity (Wildman–Crippen MR) is 75.6 cm³/mol. The zero-order chi connectivity index (χ0) is 14.1. The molecule has 0 bridgehead atoms. The molecule has 1 saturated heterocycles. The first kappa shape index (κ1) is 13.8. The molecule has 0 amide bonds. The summed E-state index contributed by atoms with van der Waals surface area (Å²) in [5.74, 6) is 0.960. The van der Waals surface area contributed by atoms with Crippen LogP contribution >= 0.6 is 0 Å². The van der Waals surface area contributed by atoms with E-state index < -0.39 is 0 Å². The number of aryl methyl sites for hydroxylation is 1. The lowest BCUT2D eigenvalue weighted by Gasteiger charge is -2.34. The largest absolute Gasteiger partial charge is 0.373 e. The summed E-state index contributed by atoms with van der Waals surface area (Å²) in [6.07, 6.45) is 4.79. The van der Waals surface area contributed by atoms with E-state index >= 15 is 0 Å². The molecule has 2 aliphatic heterocycles. The second-order valence-corrected chi connectivity index (χ2v) is 6.10. The minimum atomic E-state index is 0.0497. The number of aromatic nitrogens is 3. The van der Waals surface area contributed by atoms with Crippen molar-refractivity contribution in [3.05, 3.63) is 16.3 Å². The van der Waals surface area contributed by atoms with Crippen LogP contribution in [-0.4, -0.2) is 44.5 Å². The average Bonchev–Trinajstić information content (AvgIpc) is 2.57. The van der Waals surface area contributed by atoms with Crippen molar-refractivity contribution in [1.29, 1.82) is 0 Å². The van der Waals surface area contributed by atoms with Gasteiger partial charge in [-0.3, -0.25) is 9.47 Å². The minimum absolute atomic E-state index is 0.0497. The molecule has 1 aromatic rings. The molecule has 3 heterocycles. The van der Waals surface area contributed by atoms with Crippen molar-refractivity contribution in [2.45, 2.75) is 65.0 Å². The van der Waals surface area contributed by atoms with Crippen LogP contribution in [0.2, 0.25) is 0 Å². The molecule has 0 aromatic carbocycles. The molecule has 0 unspecified atom stereocenters. The maximum absolute atomic E-state index is 12.4. The van der Waals surface area contributed by atoms with Gasteiger partial charge in [0, 0.05) is 26.1 Å². The van der Waals surface area contributed by atoms with Crippen molar-refractivity contribution in [2.75, 3.05) is 13.1 Å². The molecule has 2 aliphatic rings. The molecular formula is C14H24N4O2. The van der Waals surface area contributed by atoms with Gasteiger partial charge in [-0.1, -0.05) is 6.42 Å². The van der Waals surface area contributed by atoms with Crippen LogP contribution in [0.4, 0.5) is 0 Å². The first-order chi connectivity index (χ1) is 9.63. The number of nitrogens with zero attached hydrogens (tertiary/aromatic N) is 4. The van der Waals surface area contributed by atoms with Gasteiger partial charge in [-0.2, -0.15) is 9.78 Å². The Labute approximate surface area is 119 Å². The van der Waals surface area contributed by atoms with Crippen molar-refractivity contribution in [2.24, 2.45) is 0 Å². The molecular weight excluding hydrogens is 256 g/mol. The van der Waals surface area contributed by atoms with E-state index in [1.54, 1.807) is 4.68 Å². The standard InChI is InChI=1S/C14H24N4O2/c1-11-8-16(9-12(2)20-11)10-18-14(19)17-7-5-3-4-6-13(17)15-18/h11-12H,3-10H2,1-2H3/t11-,12-/m0/s1. The summed E-state index contributed by atoms with van der Waals surface area (Å²) >= 11 is 0. The van der Waals surface area contributed by atoms with Gasteiger partial charge in [-0.15, -0.1) is 0 Å². The van der Waals surface area contributed by atoms with E-state index in [1.165, 1.54) is 6.42 Å². The highest BCUT2D eigenvalue weighted by atomic mass is 16.5. The van der Waals surface area contributed by atoms with Crippen LogP contribution in [0.5, 0.6) is 0 Å². The molecule has 0 saturated carbocycles. The normalized spacial score (nSPS) is 28.1. The van der Waals surface area contributed by atoms with Crippen LogP contribution in [0.25, 0.3) is 0 Å². The Balaban J connectivity index is 1.76. The molecule has 6 nitrogen and oxygen atoms in total. The van der Waals surface area contributed by atoms with Crippen molar-refractivity contribution < 1.29 is 4.74 Å². The maximum Gasteiger partial charge on any atom is 0.347 e. The lowest BCUT2D eigenvalue weighted by atomic mass is 10.2. The van der Waals surface area contributed by atoms with Crippen LogP contribution in [0, 0.1) is 0 Å². The smallest absolute Gasteiger partial charge is 0.347 e. The Bertz CT molecular complexity index is 512. The zero-order valence-electron chi connectivity index (χ0n) is 12.4. The highest BCUT2D eigenvalue weighted by molar-refractivity contribution is 4.90. The van der Waals surface area contributed by atoms with Gasteiger partial charge in [-0.25, -0.2) is 4.79 Å². The Kier molecular flexibility index (Phi) is 3.94. The van der Waals surface area contributed by atoms with Gasteiger partial charge in [0.15, 0.2) is 0 Å². The number of hydrogen-bond acceptors (Lipinski definition) is 4. The first-order valence-corrected chi connectivity index (χ1v) is 7.68. The molecule has 112 valence electrons. The number of morpholine rings is 1. The zero-order valence-corrected chi connectivity index (χ0v) is 12.4. The summed E-state index contributed by atoms with van der Waals surface area (Å²) in [5, 5.41) is 4.54. The second kappa shape index (κ2) is 5.69. The van der Waals surface area contributed by atoms with E-state index in [2.05, 4.69) is 23.8 Å². The Hall–Kier alpha value is -1.14. The minimum Gasteiger partial charge on any atom is -0.373 e. The second-order valence-electron chi connectivity index (χ2n) is 6.10. The van der Waals surface area contributed by atoms with Crippen LogP contribution in [0.3, 0.4) is 0 Å². The van der Waals surface area contributed by atoms with E-state index in [-0.39, 0.29) is 17.9 Å². The van der Waals surface area contributed by atoms with Crippen LogP contribution in [-0.2, 0) is 24.4 Å². The van der Waals surface area contributed by atoms with Crippen molar-refractivity contribution in [1.82, 2.24) is 19.2 Å². The SMILES string of the molecule is C[C@H]1CN(Cn2nc3n(c2=O)CCCCC3)C[C@H](C)O1. The quantitative estimate of drug-likeness (QED) is 0.805. The molecule has 1 aromatic heterocycles. The summed E-state index contributed by atoms with van der Waals surface area (Å²) in [5.41, 5.74) is 0.0497. The average molecular weight is 280 g/mol. The van der Waals surface area contributed by atoms with Crippen molar-refractivity contribution in [3.8, 4) is 0 Å². The number of rotatable bonds is 2. The molecule has 20 heavy (non-hydrogen) atoms. The lowest BCUT2D eigenvalue weighted by molar-refractivity contribution is -0.0779. The summed E-state index contributed by atoms with van der Waals surface area (Å²) in [6.45, 7) is 7.28. The van der Waals surface area contributed by atoms with Crippen LogP contribution < -0.4 is 5.69 Å². The van der Waals surface area contributed by atoms with E-state index in [9.17, 15) is 4.79 Å². The topological polar surface area (TPSA) is 52.3 Å². The summed E-state index contributed by atoms with van der Waals surface area (Å²) < 4.78 is 9.22. The van der Waals surface area contributed by atoms with E-state index in [1.807, 2.05) is 4.57 Å². The molecule has 0 spiro atoms. The molecule has 0 aliphatic carbocycles. The van der Waals surface area contributed by atoms with Crippen molar-refractivity contribution >= 4 is 0 Å². The van der Waals surface area contributed by atoms with E-state index in [4.69, 9.17) is 4.74 Å². The Morgan fingerprint density at radius 1 is 1.20 bits per heavy atom. The maximum atomic E-state index is 12.4. The monoisotopic (exact) mass is 280 g/mol. The Morgan fingerprint density at radius 2 is 1.95 bits per heavy atom. The molecule has 2 atom stereocenters. The third-order valence-corrected chi connectivity index (χ3v) is 4.11. The van der Waals surface area contributed by atoms with E-state index in [0.29, 0.717) is 6.67 Å². The number of fused-ring (bicyclic) bond motifs is 1. The van der Waals surface area contributed by atoms with Crippen LogP contribution in [0.15, 0.2) is 4.79 Å². The van der Waals surface area contributed by atoms with Gasteiger partial charge in [-0.05, 0) is 26.7 Å².